The van der Waals surface area contributed by atoms with Crippen molar-refractivity contribution in [1.82, 2.24) is 20.3 Å². The van der Waals surface area contributed by atoms with E-state index in [0.717, 1.165) is 74.2 Å². The number of hydrogen-bond donors (Lipinski definition) is 2. The van der Waals surface area contributed by atoms with Crippen LogP contribution in [0.4, 0.5) is 0 Å². The van der Waals surface area contributed by atoms with E-state index in [1.807, 2.05) is 24.8 Å². The minimum atomic E-state index is 0.0948. The molecule has 0 spiro atoms. The van der Waals surface area contributed by atoms with Crippen molar-refractivity contribution in [3.05, 3.63) is 190 Å². The van der Waals surface area contributed by atoms with Gasteiger partial charge in [-0.15, -0.1) is 0 Å². The smallest absolute Gasteiger partial charge is 0.0737 e. The molecule has 230 valence electrons. The van der Waals surface area contributed by atoms with Gasteiger partial charge in [0.1, 0.15) is 0 Å². The molecule has 2 N–H and O–H groups in total. The van der Waals surface area contributed by atoms with Crippen molar-refractivity contribution in [2.45, 2.75) is 24.9 Å². The molecule has 6 nitrogen and oxygen atoms in total. The highest BCUT2D eigenvalue weighted by molar-refractivity contribution is 6.31. The van der Waals surface area contributed by atoms with Gasteiger partial charge in [-0.2, -0.15) is 0 Å². The number of pyridine rings is 2. The lowest BCUT2D eigenvalue weighted by atomic mass is 9.94. The number of H-pyrrole nitrogens is 1. The third-order valence-electron chi connectivity index (χ3n) is 9.52. The van der Waals surface area contributed by atoms with Gasteiger partial charge in [-0.3, -0.25) is 9.97 Å². The topological polar surface area (TPSA) is 78.3 Å². The van der Waals surface area contributed by atoms with E-state index >= 15 is 0 Å². The lowest BCUT2D eigenvalue weighted by Gasteiger charge is -2.22. The molecule has 7 heterocycles. The molecule has 5 aromatic rings. The Labute approximate surface area is 278 Å². The Hall–Kier alpha value is -5.98. The number of rotatable bonds is 4. The molecule has 1 saturated heterocycles. The maximum Gasteiger partial charge on any atom is 0.0737 e. The highest BCUT2D eigenvalue weighted by atomic mass is 15.0. The van der Waals surface area contributed by atoms with Gasteiger partial charge in [0.05, 0.1) is 22.8 Å². The monoisotopic (exact) mass is 620 g/mol. The molecule has 2 aromatic carbocycles. The van der Waals surface area contributed by atoms with Gasteiger partial charge in [0.25, 0.3) is 0 Å². The first kappa shape index (κ1) is 28.3. The third-order valence-corrected chi connectivity index (χ3v) is 9.52. The molecule has 1 fully saturated rings. The number of hydrogen-bond acceptors (Lipinski definition) is 5. The summed E-state index contributed by atoms with van der Waals surface area (Å²) < 4.78 is 0. The quantitative estimate of drug-likeness (QED) is 0.252. The maximum absolute atomic E-state index is 5.38. The minimum absolute atomic E-state index is 0.0948. The van der Waals surface area contributed by atoms with Gasteiger partial charge < -0.3 is 10.3 Å². The zero-order valence-corrected chi connectivity index (χ0v) is 26.2. The highest BCUT2D eigenvalue weighted by Crippen LogP contribution is 2.38. The zero-order valence-electron chi connectivity index (χ0n) is 26.2. The number of allylic oxidation sites excluding steroid dienone is 4. The van der Waals surface area contributed by atoms with Gasteiger partial charge in [-0.1, -0.05) is 60.7 Å². The predicted molar refractivity (Wildman–Crippen MR) is 193 cm³/mol. The van der Waals surface area contributed by atoms with Gasteiger partial charge in [0.2, 0.25) is 0 Å². The van der Waals surface area contributed by atoms with E-state index < -0.39 is 0 Å². The van der Waals surface area contributed by atoms with Gasteiger partial charge in [-0.05, 0) is 95.8 Å². The molecule has 48 heavy (non-hydrogen) atoms. The zero-order chi connectivity index (χ0) is 31.9. The van der Waals surface area contributed by atoms with Gasteiger partial charge in [-0.25, -0.2) is 9.98 Å². The molecular weight excluding hydrogens is 589 g/mol. The SMILES string of the molecule is C1=C/C2=C(\c3ccncc3)C3CCC(N3)/C(c3ccccc3)=C3/C=CC(=N3)/C(c3ccncc3)=c3/cc/c([nH]3)=C(\c3ccccc3)C1=N2. The number of nitrogens with one attached hydrogen (secondary N) is 2. The summed E-state index contributed by atoms with van der Waals surface area (Å²) in [5.74, 6) is 0. The first-order valence-electron chi connectivity index (χ1n) is 16.4. The van der Waals surface area contributed by atoms with Gasteiger partial charge in [0.15, 0.2) is 0 Å². The summed E-state index contributed by atoms with van der Waals surface area (Å²) in [6.45, 7) is 0. The Bertz CT molecular complexity index is 2180. The summed E-state index contributed by atoms with van der Waals surface area (Å²) in [5.41, 5.74) is 12.7. The Morgan fingerprint density at radius 2 is 0.896 bits per heavy atom. The normalized spacial score (nSPS) is 25.3. The molecule has 3 aromatic heterocycles. The van der Waals surface area contributed by atoms with Crippen LogP contribution in [0, 0.1) is 0 Å². The van der Waals surface area contributed by atoms with Crippen LogP contribution in [0.5, 0.6) is 0 Å². The second kappa shape index (κ2) is 12.0. The molecule has 8 bridgehead atoms. The Balaban J connectivity index is 1.37. The van der Waals surface area contributed by atoms with E-state index in [1.54, 1.807) is 0 Å². The summed E-state index contributed by atoms with van der Waals surface area (Å²) >= 11 is 0. The summed E-state index contributed by atoms with van der Waals surface area (Å²) in [6, 6.07) is 34.0. The second-order valence-corrected chi connectivity index (χ2v) is 12.3. The summed E-state index contributed by atoms with van der Waals surface area (Å²) in [5, 5.41) is 6.03. The van der Waals surface area contributed by atoms with Crippen LogP contribution in [0.2, 0.25) is 0 Å². The average Bonchev–Trinajstić information content (AvgIpc) is 3.98. The fraction of sp³-hybridized carbons (Fsp3) is 0.0952. The molecule has 0 saturated carbocycles. The number of fused-ring (bicyclic) bond motifs is 6. The van der Waals surface area contributed by atoms with Crippen LogP contribution < -0.4 is 16.0 Å². The molecule has 0 aliphatic carbocycles. The Morgan fingerprint density at radius 1 is 0.458 bits per heavy atom. The van der Waals surface area contributed by atoms with Crippen LogP contribution in [-0.2, 0) is 0 Å². The number of benzene rings is 2. The summed E-state index contributed by atoms with van der Waals surface area (Å²) in [4.78, 5) is 23.2. The van der Waals surface area contributed by atoms with Gasteiger partial charge in [0, 0.05) is 69.9 Å². The largest absolute Gasteiger partial charge is 0.354 e. The predicted octanol–water partition coefficient (Wildman–Crippen LogP) is 6.18. The molecule has 9 rings (SSSR count). The number of aliphatic imine (C=N–C) groups is 2. The fourth-order valence-electron chi connectivity index (χ4n) is 7.40. The standard InChI is InChI=1S/C42H32N6/c1-3-7-27(8-4-1)39-31-11-15-35(45-31)41(29-19-23-43-24-20-29)37-17-13-33(47-37)40(28-9-5-2-6-10-28)34-14-18-38(48-34)42(30-21-25-44-26-22-30)36-16-12-32(39)46-36/h1-13,15-17,19-26,34,38,45,48H,14,18H2/b39-31-,40-33-,41-35-,42-36-. The van der Waals surface area contributed by atoms with Crippen LogP contribution in [0.25, 0.3) is 22.3 Å². The van der Waals surface area contributed by atoms with Crippen molar-refractivity contribution in [2.75, 3.05) is 0 Å². The van der Waals surface area contributed by atoms with Crippen molar-refractivity contribution < 1.29 is 0 Å². The maximum atomic E-state index is 5.38. The average molecular weight is 621 g/mol. The van der Waals surface area contributed by atoms with E-state index in [2.05, 4.69) is 142 Å². The van der Waals surface area contributed by atoms with Crippen LogP contribution in [0.15, 0.2) is 168 Å². The van der Waals surface area contributed by atoms with Gasteiger partial charge >= 0.3 is 0 Å². The molecular formula is C42H32N6. The molecule has 4 aliphatic rings. The molecule has 4 aliphatic heterocycles. The number of aromatic amines is 1. The Morgan fingerprint density at radius 3 is 1.42 bits per heavy atom. The van der Waals surface area contributed by atoms with Crippen molar-refractivity contribution in [1.29, 1.82) is 0 Å². The molecule has 0 radical (unpaired) electrons. The highest BCUT2D eigenvalue weighted by Gasteiger charge is 2.34. The summed E-state index contributed by atoms with van der Waals surface area (Å²) in [7, 11) is 0. The second-order valence-electron chi connectivity index (χ2n) is 12.3. The van der Waals surface area contributed by atoms with E-state index in [4.69, 9.17) is 9.98 Å². The van der Waals surface area contributed by atoms with Crippen LogP contribution in [0.3, 0.4) is 0 Å². The molecule has 0 amide bonds. The van der Waals surface area contributed by atoms with Crippen molar-refractivity contribution in [3.8, 4) is 0 Å². The van der Waals surface area contributed by atoms with Crippen LogP contribution in [-0.4, -0.2) is 38.5 Å². The van der Waals surface area contributed by atoms with Crippen LogP contribution in [0.1, 0.15) is 35.1 Å². The number of aromatic nitrogens is 3. The third kappa shape index (κ3) is 5.03. The van der Waals surface area contributed by atoms with E-state index in [0.29, 0.717) is 0 Å². The first-order valence-corrected chi connectivity index (χ1v) is 16.4. The van der Waals surface area contributed by atoms with Crippen LogP contribution >= 0.6 is 0 Å². The van der Waals surface area contributed by atoms with E-state index in [9.17, 15) is 0 Å². The van der Waals surface area contributed by atoms with Crippen molar-refractivity contribution >= 4 is 33.7 Å². The molecule has 6 heteroatoms. The van der Waals surface area contributed by atoms with Crippen molar-refractivity contribution in [3.63, 3.8) is 0 Å². The lowest BCUT2D eigenvalue weighted by molar-refractivity contribution is 0.687. The fourth-order valence-corrected chi connectivity index (χ4v) is 7.40. The van der Waals surface area contributed by atoms with Crippen molar-refractivity contribution in [2.24, 2.45) is 9.98 Å². The molecule has 2 atom stereocenters. The molecule has 2 unspecified atom stereocenters. The minimum Gasteiger partial charge on any atom is -0.354 e. The first-order chi connectivity index (χ1) is 23.8. The Kier molecular flexibility index (Phi) is 7.06. The number of nitrogens with zero attached hydrogens (tertiary/aromatic N) is 4. The van der Waals surface area contributed by atoms with E-state index in [1.165, 1.54) is 16.7 Å². The van der Waals surface area contributed by atoms with E-state index in [-0.39, 0.29) is 12.1 Å². The summed E-state index contributed by atoms with van der Waals surface area (Å²) in [6.07, 6.45) is 18.0. The lowest BCUT2D eigenvalue weighted by Crippen LogP contribution is -2.32.